The predicted octanol–water partition coefficient (Wildman–Crippen LogP) is 6.59. The van der Waals surface area contributed by atoms with E-state index >= 15 is 0 Å². The standard InChI is InChI=1S/C30H39N3O2/c1-21(2)25-15-14-22(3)18-28(25)35-17-9-8-16-32-27-13-7-6-12-26(27)31-30(32)23-19-29(34)33(20-23)24-10-4-5-11-24/h6-7,12-15,18,21,23-24H,4-5,8-11,16-17,19-20H2,1-3H3. The van der Waals surface area contributed by atoms with Gasteiger partial charge in [0.1, 0.15) is 11.6 Å². The van der Waals surface area contributed by atoms with Crippen molar-refractivity contribution in [2.45, 2.75) is 90.1 Å². The van der Waals surface area contributed by atoms with E-state index in [2.05, 4.69) is 72.7 Å². The van der Waals surface area contributed by atoms with Gasteiger partial charge in [-0.3, -0.25) is 4.79 Å². The Morgan fingerprint density at radius 2 is 1.89 bits per heavy atom. The van der Waals surface area contributed by atoms with Gasteiger partial charge >= 0.3 is 0 Å². The van der Waals surface area contributed by atoms with Crippen LogP contribution in [0.1, 0.15) is 87.6 Å². The highest BCUT2D eigenvalue weighted by Crippen LogP contribution is 2.35. The topological polar surface area (TPSA) is 47.4 Å². The molecule has 1 atom stereocenters. The lowest BCUT2D eigenvalue weighted by atomic mass is 10.0. The van der Waals surface area contributed by atoms with Crippen molar-refractivity contribution in [2.75, 3.05) is 13.2 Å². The molecule has 1 saturated carbocycles. The lowest BCUT2D eigenvalue weighted by Crippen LogP contribution is -2.34. The van der Waals surface area contributed by atoms with E-state index in [1.54, 1.807) is 0 Å². The molecule has 3 aromatic rings. The van der Waals surface area contributed by atoms with Gasteiger partial charge < -0.3 is 14.2 Å². The summed E-state index contributed by atoms with van der Waals surface area (Å²) in [5.41, 5.74) is 4.72. The molecule has 2 aromatic carbocycles. The molecule has 1 unspecified atom stereocenters. The number of likely N-dealkylation sites (tertiary alicyclic amines) is 1. The summed E-state index contributed by atoms with van der Waals surface area (Å²) in [7, 11) is 0. The quantitative estimate of drug-likeness (QED) is 0.330. The van der Waals surface area contributed by atoms with Gasteiger partial charge in [-0.15, -0.1) is 0 Å². The van der Waals surface area contributed by atoms with E-state index in [9.17, 15) is 4.79 Å². The number of benzene rings is 2. The van der Waals surface area contributed by atoms with Crippen LogP contribution in [0.25, 0.3) is 11.0 Å². The number of carbonyl (C=O) groups excluding carboxylic acids is 1. The van der Waals surface area contributed by atoms with Crippen LogP contribution >= 0.6 is 0 Å². The molecule has 5 heteroatoms. The van der Waals surface area contributed by atoms with Crippen LogP contribution in [-0.4, -0.2) is 39.6 Å². The number of amides is 1. The number of carbonyl (C=O) groups is 1. The lowest BCUT2D eigenvalue weighted by Gasteiger charge is -2.24. The second-order valence-corrected chi connectivity index (χ2v) is 10.7. The molecule has 0 radical (unpaired) electrons. The number of nitrogens with zero attached hydrogens (tertiary/aromatic N) is 3. The van der Waals surface area contributed by atoms with E-state index in [0.29, 0.717) is 30.9 Å². The molecule has 1 saturated heterocycles. The number of aromatic nitrogens is 2. The number of imidazole rings is 1. The highest BCUT2D eigenvalue weighted by atomic mass is 16.5. The minimum atomic E-state index is 0.188. The molecule has 0 bridgehead atoms. The third kappa shape index (κ3) is 5.10. The first-order valence-electron chi connectivity index (χ1n) is 13.5. The maximum atomic E-state index is 12.9. The Balaban J connectivity index is 1.26. The maximum absolute atomic E-state index is 12.9. The largest absolute Gasteiger partial charge is 0.493 e. The molecule has 186 valence electrons. The van der Waals surface area contributed by atoms with Crippen molar-refractivity contribution < 1.29 is 9.53 Å². The summed E-state index contributed by atoms with van der Waals surface area (Å²) >= 11 is 0. The van der Waals surface area contributed by atoms with Crippen LogP contribution in [0.5, 0.6) is 5.75 Å². The summed E-state index contributed by atoms with van der Waals surface area (Å²) in [6, 6.07) is 15.3. The van der Waals surface area contributed by atoms with Crippen LogP contribution in [0.15, 0.2) is 42.5 Å². The third-order valence-corrected chi connectivity index (χ3v) is 7.80. The number of unbranched alkanes of at least 4 members (excludes halogenated alkanes) is 1. The van der Waals surface area contributed by atoms with Crippen LogP contribution in [0, 0.1) is 6.92 Å². The summed E-state index contributed by atoms with van der Waals surface area (Å²) in [6.45, 7) is 8.97. The van der Waals surface area contributed by atoms with Gasteiger partial charge in [0.2, 0.25) is 5.91 Å². The van der Waals surface area contributed by atoms with Crippen molar-refractivity contribution in [2.24, 2.45) is 0 Å². The van der Waals surface area contributed by atoms with E-state index in [-0.39, 0.29) is 5.92 Å². The van der Waals surface area contributed by atoms with Gasteiger partial charge in [0.05, 0.1) is 17.6 Å². The fourth-order valence-electron chi connectivity index (χ4n) is 5.91. The average Bonchev–Trinajstić information content (AvgIpc) is 3.57. The maximum Gasteiger partial charge on any atom is 0.223 e. The van der Waals surface area contributed by atoms with E-state index in [1.807, 2.05) is 0 Å². The number of aryl methyl sites for hydroxylation is 2. The summed E-state index contributed by atoms with van der Waals surface area (Å²) < 4.78 is 8.60. The Kier molecular flexibility index (Phi) is 7.12. The Morgan fingerprint density at radius 3 is 2.69 bits per heavy atom. The van der Waals surface area contributed by atoms with E-state index < -0.39 is 0 Å². The van der Waals surface area contributed by atoms with E-state index in [1.165, 1.54) is 29.5 Å². The smallest absolute Gasteiger partial charge is 0.223 e. The number of hydrogen-bond donors (Lipinski definition) is 0. The molecular weight excluding hydrogens is 434 g/mol. The Labute approximate surface area is 209 Å². The number of fused-ring (bicyclic) bond motifs is 1. The Hall–Kier alpha value is -2.82. The lowest BCUT2D eigenvalue weighted by molar-refractivity contribution is -0.129. The molecule has 1 aliphatic heterocycles. The minimum Gasteiger partial charge on any atom is -0.493 e. The summed E-state index contributed by atoms with van der Waals surface area (Å²) in [5.74, 6) is 3.05. The molecule has 0 spiro atoms. The van der Waals surface area contributed by atoms with Crippen LogP contribution in [0.2, 0.25) is 0 Å². The van der Waals surface area contributed by atoms with Crippen molar-refractivity contribution in [3.8, 4) is 5.75 Å². The molecule has 2 fully saturated rings. The molecule has 0 N–H and O–H groups in total. The number of ether oxygens (including phenoxy) is 1. The summed E-state index contributed by atoms with van der Waals surface area (Å²) in [4.78, 5) is 20.1. The number of rotatable bonds is 9. The van der Waals surface area contributed by atoms with Gasteiger partial charge in [-0.1, -0.05) is 51.0 Å². The third-order valence-electron chi connectivity index (χ3n) is 7.80. The van der Waals surface area contributed by atoms with Gasteiger partial charge in [0.15, 0.2) is 0 Å². The SMILES string of the molecule is Cc1ccc(C(C)C)c(OCCCCn2c(C3CC(=O)N(C4CCCC4)C3)nc3ccccc32)c1. The Morgan fingerprint density at radius 1 is 1.09 bits per heavy atom. The van der Waals surface area contributed by atoms with Crippen molar-refractivity contribution >= 4 is 16.9 Å². The first kappa shape index (κ1) is 23.9. The molecule has 5 rings (SSSR count). The van der Waals surface area contributed by atoms with Gasteiger partial charge in [0.25, 0.3) is 0 Å². The molecule has 1 aliphatic carbocycles. The summed E-state index contributed by atoms with van der Waals surface area (Å²) in [6.07, 6.45) is 7.41. The first-order valence-corrected chi connectivity index (χ1v) is 13.5. The highest BCUT2D eigenvalue weighted by Gasteiger charge is 2.38. The van der Waals surface area contributed by atoms with Crippen molar-refractivity contribution in [3.05, 3.63) is 59.4 Å². The minimum absolute atomic E-state index is 0.188. The molecule has 1 amide bonds. The van der Waals surface area contributed by atoms with Gasteiger partial charge in [-0.25, -0.2) is 4.98 Å². The van der Waals surface area contributed by atoms with Crippen molar-refractivity contribution in [1.82, 2.24) is 14.5 Å². The van der Waals surface area contributed by atoms with Gasteiger partial charge in [0, 0.05) is 31.5 Å². The van der Waals surface area contributed by atoms with Crippen LogP contribution in [0.3, 0.4) is 0 Å². The van der Waals surface area contributed by atoms with E-state index in [4.69, 9.17) is 9.72 Å². The van der Waals surface area contributed by atoms with Crippen LogP contribution in [0.4, 0.5) is 0 Å². The van der Waals surface area contributed by atoms with E-state index in [0.717, 1.165) is 55.9 Å². The van der Waals surface area contributed by atoms with Crippen LogP contribution < -0.4 is 4.74 Å². The zero-order valence-electron chi connectivity index (χ0n) is 21.5. The van der Waals surface area contributed by atoms with Crippen LogP contribution in [-0.2, 0) is 11.3 Å². The highest BCUT2D eigenvalue weighted by molar-refractivity contribution is 5.81. The zero-order chi connectivity index (χ0) is 24.4. The predicted molar refractivity (Wildman–Crippen MR) is 141 cm³/mol. The van der Waals surface area contributed by atoms with Crippen molar-refractivity contribution in [3.63, 3.8) is 0 Å². The molecule has 35 heavy (non-hydrogen) atoms. The molecular formula is C30H39N3O2. The molecule has 5 nitrogen and oxygen atoms in total. The zero-order valence-corrected chi connectivity index (χ0v) is 21.5. The average molecular weight is 474 g/mol. The monoisotopic (exact) mass is 473 g/mol. The van der Waals surface area contributed by atoms with Gasteiger partial charge in [-0.05, 0) is 67.9 Å². The normalized spacial score (nSPS) is 18.9. The van der Waals surface area contributed by atoms with Gasteiger partial charge in [-0.2, -0.15) is 0 Å². The summed E-state index contributed by atoms with van der Waals surface area (Å²) in [5, 5.41) is 0. The van der Waals surface area contributed by atoms with Crippen molar-refractivity contribution in [1.29, 1.82) is 0 Å². The second kappa shape index (κ2) is 10.4. The molecule has 2 heterocycles. The molecule has 2 aliphatic rings. The fourth-order valence-corrected chi connectivity index (χ4v) is 5.91. The molecule has 1 aromatic heterocycles. The number of para-hydroxylation sites is 2. The second-order valence-electron chi connectivity index (χ2n) is 10.7. The fraction of sp³-hybridized carbons (Fsp3) is 0.533. The Bertz CT molecular complexity index is 1180. The number of hydrogen-bond acceptors (Lipinski definition) is 3. The first-order chi connectivity index (χ1) is 17.0.